The molecular formula is C31H29N3O2. The maximum atomic E-state index is 13.1. The summed E-state index contributed by atoms with van der Waals surface area (Å²) in [6.07, 6.45) is 0.459. The molecule has 2 heterocycles. The summed E-state index contributed by atoms with van der Waals surface area (Å²) in [5.74, 6) is 2.02. The molecule has 0 spiro atoms. The van der Waals surface area contributed by atoms with Gasteiger partial charge in [0.2, 0.25) is 5.91 Å². The molecule has 0 N–H and O–H groups in total. The Balaban J connectivity index is 1.28. The van der Waals surface area contributed by atoms with Crippen molar-refractivity contribution in [1.29, 1.82) is 0 Å². The monoisotopic (exact) mass is 475 g/mol. The van der Waals surface area contributed by atoms with Crippen LogP contribution < -0.4 is 9.64 Å². The lowest BCUT2D eigenvalue weighted by Crippen LogP contribution is -2.25. The van der Waals surface area contributed by atoms with Crippen molar-refractivity contribution in [3.63, 3.8) is 0 Å². The molecule has 6 rings (SSSR count). The minimum Gasteiger partial charge on any atom is -0.491 e. The number of para-hydroxylation sites is 2. The van der Waals surface area contributed by atoms with Crippen molar-refractivity contribution in [2.45, 2.75) is 32.7 Å². The molecule has 36 heavy (non-hydrogen) atoms. The van der Waals surface area contributed by atoms with Gasteiger partial charge in [0, 0.05) is 30.0 Å². The molecule has 1 amide bonds. The molecule has 0 saturated carbocycles. The van der Waals surface area contributed by atoms with Crippen molar-refractivity contribution < 1.29 is 9.53 Å². The van der Waals surface area contributed by atoms with Gasteiger partial charge in [-0.15, -0.1) is 0 Å². The number of benzene rings is 4. The first-order valence-electron chi connectivity index (χ1n) is 12.5. The average molecular weight is 476 g/mol. The van der Waals surface area contributed by atoms with Gasteiger partial charge in [-0.3, -0.25) is 4.79 Å². The van der Waals surface area contributed by atoms with Crippen LogP contribution in [0.1, 0.15) is 29.3 Å². The zero-order chi connectivity index (χ0) is 24.6. The number of carbonyl (C=O) groups is 1. The van der Waals surface area contributed by atoms with Gasteiger partial charge in [-0.05, 0) is 49.1 Å². The Hall–Kier alpha value is -4.12. The first-order chi connectivity index (χ1) is 17.6. The summed E-state index contributed by atoms with van der Waals surface area (Å²) in [6.45, 7) is 5.96. The average Bonchev–Trinajstić information content (AvgIpc) is 3.45. The minimum atomic E-state index is 0.0307. The van der Waals surface area contributed by atoms with Gasteiger partial charge in [-0.25, -0.2) is 4.98 Å². The summed E-state index contributed by atoms with van der Waals surface area (Å²) < 4.78 is 8.51. The van der Waals surface area contributed by atoms with E-state index in [2.05, 4.69) is 60.9 Å². The minimum absolute atomic E-state index is 0.0307. The Morgan fingerprint density at radius 3 is 2.64 bits per heavy atom. The van der Waals surface area contributed by atoms with Crippen LogP contribution in [0, 0.1) is 13.8 Å². The number of carbonyl (C=O) groups excluding carboxylic acids is 1. The number of hydrogen-bond donors (Lipinski definition) is 0. The van der Waals surface area contributed by atoms with Crippen LogP contribution in [0.2, 0.25) is 0 Å². The van der Waals surface area contributed by atoms with Gasteiger partial charge >= 0.3 is 0 Å². The highest BCUT2D eigenvalue weighted by Gasteiger charge is 2.35. The Morgan fingerprint density at radius 2 is 1.75 bits per heavy atom. The fourth-order valence-corrected chi connectivity index (χ4v) is 5.43. The van der Waals surface area contributed by atoms with Gasteiger partial charge in [-0.2, -0.15) is 0 Å². The first kappa shape index (κ1) is 22.4. The number of imidazole rings is 1. The number of hydrogen-bond acceptors (Lipinski definition) is 3. The van der Waals surface area contributed by atoms with Crippen LogP contribution in [0.25, 0.3) is 21.8 Å². The molecule has 0 radical (unpaired) electrons. The number of ether oxygens (including phenoxy) is 1. The zero-order valence-electron chi connectivity index (χ0n) is 20.6. The number of nitrogens with zero attached hydrogens (tertiary/aromatic N) is 3. The quantitative estimate of drug-likeness (QED) is 0.285. The summed E-state index contributed by atoms with van der Waals surface area (Å²) in [7, 11) is 0. The molecule has 1 aromatic heterocycles. The molecule has 0 aliphatic carbocycles. The van der Waals surface area contributed by atoms with Crippen LogP contribution in [0.4, 0.5) is 5.69 Å². The fourth-order valence-electron chi connectivity index (χ4n) is 5.43. The molecule has 1 atom stereocenters. The number of anilines is 1. The summed E-state index contributed by atoms with van der Waals surface area (Å²) in [5, 5.41) is 2.28. The predicted molar refractivity (Wildman–Crippen MR) is 145 cm³/mol. The van der Waals surface area contributed by atoms with E-state index in [4.69, 9.17) is 9.72 Å². The van der Waals surface area contributed by atoms with Gasteiger partial charge in [0.15, 0.2) is 0 Å². The van der Waals surface area contributed by atoms with E-state index in [1.165, 1.54) is 10.9 Å². The fraction of sp³-hybridized carbons (Fsp3) is 0.226. The third-order valence-electron chi connectivity index (χ3n) is 7.14. The largest absolute Gasteiger partial charge is 0.491 e. The van der Waals surface area contributed by atoms with Crippen LogP contribution in [-0.4, -0.2) is 28.6 Å². The molecule has 0 bridgehead atoms. The summed E-state index contributed by atoms with van der Waals surface area (Å²) >= 11 is 0. The summed E-state index contributed by atoms with van der Waals surface area (Å²) in [6, 6.07) is 28.9. The Kier molecular flexibility index (Phi) is 5.68. The predicted octanol–water partition coefficient (Wildman–Crippen LogP) is 6.41. The van der Waals surface area contributed by atoms with Gasteiger partial charge in [0.25, 0.3) is 0 Å². The molecule has 1 fully saturated rings. The lowest BCUT2D eigenvalue weighted by molar-refractivity contribution is -0.117. The van der Waals surface area contributed by atoms with E-state index < -0.39 is 0 Å². The van der Waals surface area contributed by atoms with E-state index >= 15 is 0 Å². The highest BCUT2D eigenvalue weighted by atomic mass is 16.5. The maximum Gasteiger partial charge on any atom is 0.227 e. The number of aryl methyl sites for hydroxylation is 2. The second-order valence-corrected chi connectivity index (χ2v) is 9.63. The van der Waals surface area contributed by atoms with Crippen LogP contribution in [0.5, 0.6) is 5.75 Å². The summed E-state index contributed by atoms with van der Waals surface area (Å²) in [5.41, 5.74) is 5.35. The Labute approximate surface area is 210 Å². The third-order valence-corrected chi connectivity index (χ3v) is 7.14. The van der Waals surface area contributed by atoms with Gasteiger partial charge in [-0.1, -0.05) is 66.2 Å². The number of aromatic nitrogens is 2. The van der Waals surface area contributed by atoms with Gasteiger partial charge in [0.1, 0.15) is 18.2 Å². The third kappa shape index (κ3) is 4.01. The molecule has 5 aromatic rings. The van der Waals surface area contributed by atoms with Crippen LogP contribution in [-0.2, 0) is 11.3 Å². The van der Waals surface area contributed by atoms with E-state index in [1.54, 1.807) is 0 Å². The van der Waals surface area contributed by atoms with E-state index in [0.29, 0.717) is 26.1 Å². The molecule has 1 aliphatic rings. The van der Waals surface area contributed by atoms with Crippen molar-refractivity contribution >= 4 is 33.4 Å². The lowest BCUT2D eigenvalue weighted by Gasteiger charge is -2.20. The molecule has 4 aromatic carbocycles. The molecular weight excluding hydrogens is 446 g/mol. The molecule has 1 unspecified atom stereocenters. The zero-order valence-corrected chi connectivity index (χ0v) is 20.6. The van der Waals surface area contributed by atoms with E-state index in [9.17, 15) is 4.79 Å². The second kappa shape index (κ2) is 9.15. The van der Waals surface area contributed by atoms with E-state index in [-0.39, 0.29) is 11.8 Å². The molecule has 1 saturated heterocycles. The van der Waals surface area contributed by atoms with Gasteiger partial charge < -0.3 is 14.2 Å². The second-order valence-electron chi connectivity index (χ2n) is 9.63. The number of rotatable bonds is 6. The van der Waals surface area contributed by atoms with Crippen molar-refractivity contribution in [2.24, 2.45) is 0 Å². The lowest BCUT2D eigenvalue weighted by atomic mass is 10.1. The van der Waals surface area contributed by atoms with Crippen molar-refractivity contribution in [2.75, 3.05) is 18.1 Å². The Morgan fingerprint density at radius 1 is 0.944 bits per heavy atom. The smallest absolute Gasteiger partial charge is 0.227 e. The van der Waals surface area contributed by atoms with Crippen molar-refractivity contribution in [3.05, 3.63) is 102 Å². The van der Waals surface area contributed by atoms with E-state index in [0.717, 1.165) is 39.2 Å². The summed E-state index contributed by atoms with van der Waals surface area (Å²) in [4.78, 5) is 20.0. The maximum absolute atomic E-state index is 13.1. The van der Waals surface area contributed by atoms with Crippen LogP contribution in [0.3, 0.4) is 0 Å². The Bertz CT molecular complexity index is 1580. The van der Waals surface area contributed by atoms with Crippen molar-refractivity contribution in [1.82, 2.24) is 9.55 Å². The van der Waals surface area contributed by atoms with Crippen LogP contribution in [0.15, 0.2) is 84.9 Å². The molecule has 5 nitrogen and oxygen atoms in total. The SMILES string of the molecule is Cc1ccc(N2CC(c3nc4ccccc4n3CCOc3cccc4ccccc34)CC2=O)c(C)c1. The number of amides is 1. The topological polar surface area (TPSA) is 47.4 Å². The normalized spacial score (nSPS) is 15.8. The molecule has 180 valence electrons. The van der Waals surface area contributed by atoms with Crippen molar-refractivity contribution in [3.8, 4) is 5.75 Å². The highest BCUT2D eigenvalue weighted by molar-refractivity contribution is 5.97. The standard InChI is InChI=1S/C31H29N3O2/c1-21-14-15-27(22(2)18-21)34-20-24(19-30(34)35)31-32-26-11-5-6-12-28(26)33(31)16-17-36-29-13-7-9-23-8-3-4-10-25(23)29/h3-15,18,24H,16-17,19-20H2,1-2H3. The molecule has 5 heteroatoms. The van der Waals surface area contributed by atoms with E-state index in [1.807, 2.05) is 47.4 Å². The number of fused-ring (bicyclic) bond motifs is 2. The van der Waals surface area contributed by atoms with Gasteiger partial charge in [0.05, 0.1) is 17.6 Å². The first-order valence-corrected chi connectivity index (χ1v) is 12.5. The molecule has 1 aliphatic heterocycles. The van der Waals surface area contributed by atoms with Crippen LogP contribution >= 0.6 is 0 Å². The highest BCUT2D eigenvalue weighted by Crippen LogP contribution is 2.35.